The molecule has 0 bridgehead atoms. The number of halogens is 3. The van der Waals surface area contributed by atoms with Gasteiger partial charge in [-0.2, -0.15) is 18.3 Å². The van der Waals surface area contributed by atoms with Crippen molar-refractivity contribution < 1.29 is 18.0 Å². The third-order valence-electron chi connectivity index (χ3n) is 3.91. The van der Waals surface area contributed by atoms with E-state index in [-0.39, 0.29) is 5.91 Å². The molecule has 0 aliphatic carbocycles. The third-order valence-corrected chi connectivity index (χ3v) is 4.83. The number of nitrogens with one attached hydrogen (secondary N) is 1. The molecule has 0 radical (unpaired) electrons. The van der Waals surface area contributed by atoms with E-state index in [1.165, 1.54) is 29.7 Å². The number of benzene rings is 1. The zero-order valence-corrected chi connectivity index (χ0v) is 14.8. The van der Waals surface area contributed by atoms with Gasteiger partial charge in [0, 0.05) is 30.2 Å². The van der Waals surface area contributed by atoms with Crippen LogP contribution in [0.15, 0.2) is 36.7 Å². The Bertz CT molecular complexity index is 928. The first-order valence-corrected chi connectivity index (χ1v) is 8.46. The number of aryl methyl sites for hydroxylation is 1. The zero-order valence-electron chi connectivity index (χ0n) is 14.0. The predicted octanol–water partition coefficient (Wildman–Crippen LogP) is 4.05. The number of amides is 1. The van der Waals surface area contributed by atoms with Gasteiger partial charge in [0.2, 0.25) is 0 Å². The van der Waals surface area contributed by atoms with Crippen molar-refractivity contribution in [3.63, 3.8) is 0 Å². The predicted molar refractivity (Wildman–Crippen MR) is 92.3 cm³/mol. The first kappa shape index (κ1) is 18.1. The van der Waals surface area contributed by atoms with Crippen molar-refractivity contribution in [1.82, 2.24) is 14.8 Å². The number of alkyl halides is 3. The van der Waals surface area contributed by atoms with Crippen molar-refractivity contribution in [2.24, 2.45) is 7.05 Å². The van der Waals surface area contributed by atoms with Crippen molar-refractivity contribution in [3.8, 4) is 0 Å². The Labute approximate surface area is 151 Å². The highest BCUT2D eigenvalue weighted by molar-refractivity contribution is 7.15. The van der Waals surface area contributed by atoms with Gasteiger partial charge in [0.1, 0.15) is 0 Å². The smallest absolute Gasteiger partial charge is 0.298 e. The van der Waals surface area contributed by atoms with Crippen LogP contribution in [0.1, 0.15) is 32.1 Å². The monoisotopic (exact) mass is 380 g/mol. The van der Waals surface area contributed by atoms with Crippen LogP contribution in [-0.2, 0) is 19.6 Å². The highest BCUT2D eigenvalue weighted by Crippen LogP contribution is 2.30. The highest BCUT2D eigenvalue weighted by atomic mass is 32.1. The summed E-state index contributed by atoms with van der Waals surface area (Å²) >= 11 is 1.28. The number of carbonyl (C=O) groups excluding carboxylic acids is 1. The standard InChI is InChI=1S/C17H15F3N4OS/c1-10-14(9-22-24(10)2)15(25)23-16-21-8-13(26-16)7-11-3-5-12(6-4-11)17(18,19)20/h3-6,8-9H,7H2,1-2H3,(H,21,23,25). The Morgan fingerprint density at radius 2 is 1.92 bits per heavy atom. The maximum atomic E-state index is 12.6. The molecule has 3 aromatic rings. The molecule has 0 atom stereocenters. The van der Waals surface area contributed by atoms with Crippen LogP contribution >= 0.6 is 11.3 Å². The van der Waals surface area contributed by atoms with Gasteiger partial charge in [-0.15, -0.1) is 11.3 Å². The van der Waals surface area contributed by atoms with Gasteiger partial charge in [-0.1, -0.05) is 12.1 Å². The molecule has 2 heterocycles. The lowest BCUT2D eigenvalue weighted by Crippen LogP contribution is -2.12. The van der Waals surface area contributed by atoms with Crippen LogP contribution in [0.25, 0.3) is 0 Å². The minimum Gasteiger partial charge on any atom is -0.298 e. The summed E-state index contributed by atoms with van der Waals surface area (Å²) < 4.78 is 39.4. The summed E-state index contributed by atoms with van der Waals surface area (Å²) in [6.45, 7) is 1.79. The molecule has 1 N–H and O–H groups in total. The minimum absolute atomic E-state index is 0.300. The fourth-order valence-electron chi connectivity index (χ4n) is 2.35. The second-order valence-corrected chi connectivity index (χ2v) is 6.84. The molecular formula is C17H15F3N4OS. The van der Waals surface area contributed by atoms with E-state index < -0.39 is 11.7 Å². The van der Waals surface area contributed by atoms with Crippen LogP contribution in [0.4, 0.5) is 18.3 Å². The zero-order chi connectivity index (χ0) is 18.9. The van der Waals surface area contributed by atoms with Gasteiger partial charge in [0.05, 0.1) is 17.3 Å². The molecule has 136 valence electrons. The Morgan fingerprint density at radius 1 is 1.23 bits per heavy atom. The van der Waals surface area contributed by atoms with E-state index in [2.05, 4.69) is 15.4 Å². The van der Waals surface area contributed by atoms with E-state index in [9.17, 15) is 18.0 Å². The summed E-state index contributed by atoms with van der Waals surface area (Å²) in [5.41, 5.74) is 1.27. The van der Waals surface area contributed by atoms with E-state index in [4.69, 9.17) is 0 Å². The van der Waals surface area contributed by atoms with Crippen molar-refractivity contribution >= 4 is 22.4 Å². The molecule has 5 nitrogen and oxygen atoms in total. The summed E-state index contributed by atoms with van der Waals surface area (Å²) in [5.74, 6) is -0.300. The average Bonchev–Trinajstić information content (AvgIpc) is 3.14. The minimum atomic E-state index is -4.34. The molecule has 9 heteroatoms. The van der Waals surface area contributed by atoms with Crippen LogP contribution in [0.2, 0.25) is 0 Å². The van der Waals surface area contributed by atoms with E-state index >= 15 is 0 Å². The van der Waals surface area contributed by atoms with Gasteiger partial charge in [0.15, 0.2) is 5.13 Å². The Kier molecular flexibility index (Phi) is 4.82. The van der Waals surface area contributed by atoms with Crippen LogP contribution in [-0.4, -0.2) is 20.7 Å². The summed E-state index contributed by atoms with van der Waals surface area (Å²) in [5, 5.41) is 7.17. The quantitative estimate of drug-likeness (QED) is 0.743. The topological polar surface area (TPSA) is 59.8 Å². The Morgan fingerprint density at radius 3 is 2.50 bits per heavy atom. The van der Waals surface area contributed by atoms with Gasteiger partial charge in [-0.25, -0.2) is 4.98 Å². The number of rotatable bonds is 4. The molecule has 0 saturated carbocycles. The maximum absolute atomic E-state index is 12.6. The molecule has 0 unspecified atom stereocenters. The van der Waals surface area contributed by atoms with Crippen LogP contribution in [0, 0.1) is 6.92 Å². The second-order valence-electron chi connectivity index (χ2n) is 5.72. The van der Waals surface area contributed by atoms with Gasteiger partial charge in [-0.3, -0.25) is 14.8 Å². The van der Waals surface area contributed by atoms with Crippen LogP contribution in [0.5, 0.6) is 0 Å². The molecule has 26 heavy (non-hydrogen) atoms. The number of hydrogen-bond donors (Lipinski definition) is 1. The average molecular weight is 380 g/mol. The number of hydrogen-bond acceptors (Lipinski definition) is 4. The second kappa shape index (κ2) is 6.91. The first-order valence-electron chi connectivity index (χ1n) is 7.65. The lowest BCUT2D eigenvalue weighted by atomic mass is 10.1. The SMILES string of the molecule is Cc1c(C(=O)Nc2ncc(Cc3ccc(C(F)(F)F)cc3)s2)cnn1C. The Hall–Kier alpha value is -2.68. The fraction of sp³-hybridized carbons (Fsp3) is 0.235. The number of nitrogens with zero attached hydrogens (tertiary/aromatic N) is 3. The van der Waals surface area contributed by atoms with Crippen molar-refractivity contribution in [2.75, 3.05) is 5.32 Å². The van der Waals surface area contributed by atoms with Crippen LogP contribution in [0.3, 0.4) is 0 Å². The lowest BCUT2D eigenvalue weighted by Gasteiger charge is -2.06. The molecule has 0 aliphatic heterocycles. The first-order chi connectivity index (χ1) is 12.2. The fourth-order valence-corrected chi connectivity index (χ4v) is 3.19. The van der Waals surface area contributed by atoms with Gasteiger partial charge in [0.25, 0.3) is 5.91 Å². The molecule has 1 amide bonds. The Balaban J connectivity index is 1.66. The molecular weight excluding hydrogens is 365 g/mol. The normalized spacial score (nSPS) is 11.6. The maximum Gasteiger partial charge on any atom is 0.416 e. The van der Waals surface area contributed by atoms with Gasteiger partial charge in [-0.05, 0) is 24.6 Å². The highest BCUT2D eigenvalue weighted by Gasteiger charge is 2.29. The van der Waals surface area contributed by atoms with E-state index in [0.29, 0.717) is 17.1 Å². The van der Waals surface area contributed by atoms with E-state index in [1.807, 2.05) is 0 Å². The third kappa shape index (κ3) is 3.93. The summed E-state index contributed by atoms with van der Waals surface area (Å²) in [7, 11) is 1.75. The molecule has 3 rings (SSSR count). The number of carbonyl (C=O) groups is 1. The van der Waals surface area contributed by atoms with Crippen molar-refractivity contribution in [3.05, 3.63) is 63.9 Å². The van der Waals surface area contributed by atoms with Crippen molar-refractivity contribution in [1.29, 1.82) is 0 Å². The molecule has 0 aliphatic rings. The van der Waals surface area contributed by atoms with Crippen molar-refractivity contribution in [2.45, 2.75) is 19.5 Å². The lowest BCUT2D eigenvalue weighted by molar-refractivity contribution is -0.137. The summed E-state index contributed by atoms with van der Waals surface area (Å²) in [6, 6.07) is 5.01. The summed E-state index contributed by atoms with van der Waals surface area (Å²) in [4.78, 5) is 17.2. The molecule has 0 saturated heterocycles. The molecule has 0 spiro atoms. The number of aromatic nitrogens is 3. The van der Waals surface area contributed by atoms with E-state index in [1.54, 1.807) is 24.9 Å². The largest absolute Gasteiger partial charge is 0.416 e. The van der Waals surface area contributed by atoms with Gasteiger partial charge >= 0.3 is 6.18 Å². The molecule has 1 aromatic carbocycles. The summed E-state index contributed by atoms with van der Waals surface area (Å²) in [6.07, 6.45) is -0.808. The number of anilines is 1. The van der Waals surface area contributed by atoms with Crippen LogP contribution < -0.4 is 5.32 Å². The van der Waals surface area contributed by atoms with Gasteiger partial charge < -0.3 is 0 Å². The molecule has 2 aromatic heterocycles. The number of thiazole rings is 1. The van der Waals surface area contributed by atoms with E-state index in [0.717, 1.165) is 28.3 Å². The molecule has 0 fully saturated rings.